The minimum absolute atomic E-state index is 0.0740. The van der Waals surface area contributed by atoms with E-state index in [-0.39, 0.29) is 17.7 Å². The summed E-state index contributed by atoms with van der Waals surface area (Å²) in [6, 6.07) is 11.3. The molecule has 3 rings (SSSR count). The topological polar surface area (TPSA) is 74.3 Å². The van der Waals surface area contributed by atoms with Gasteiger partial charge in [0.05, 0.1) is 12.2 Å². The van der Waals surface area contributed by atoms with E-state index in [0.717, 1.165) is 49.3 Å². The van der Waals surface area contributed by atoms with Crippen LogP contribution in [0.3, 0.4) is 0 Å². The first kappa shape index (κ1) is 22.9. The van der Waals surface area contributed by atoms with Crippen LogP contribution in [-0.4, -0.2) is 29.9 Å². The summed E-state index contributed by atoms with van der Waals surface area (Å²) in [5.41, 5.74) is 3.31. The number of hydrogen-bond acceptors (Lipinski definition) is 4. The van der Waals surface area contributed by atoms with E-state index in [1.165, 1.54) is 12.8 Å². The van der Waals surface area contributed by atoms with Crippen molar-refractivity contribution in [3.05, 3.63) is 59.4 Å². The number of carbonyl (C=O) groups is 2. The number of nitrogens with zero attached hydrogens (tertiary/aromatic N) is 2. The summed E-state index contributed by atoms with van der Waals surface area (Å²) in [6.07, 6.45) is 7.40. The highest BCUT2D eigenvalue weighted by Crippen LogP contribution is 2.25. The monoisotopic (exact) mass is 422 g/mol. The van der Waals surface area contributed by atoms with Crippen molar-refractivity contribution in [2.75, 3.05) is 18.0 Å². The predicted molar refractivity (Wildman–Crippen MR) is 124 cm³/mol. The molecule has 0 spiro atoms. The molecular weight excluding hydrogens is 388 g/mol. The molecule has 2 N–H and O–H groups in total. The Morgan fingerprint density at radius 3 is 2.68 bits per heavy atom. The van der Waals surface area contributed by atoms with Crippen LogP contribution >= 0.6 is 0 Å². The van der Waals surface area contributed by atoms with Crippen molar-refractivity contribution in [2.45, 2.75) is 59.0 Å². The van der Waals surface area contributed by atoms with E-state index >= 15 is 0 Å². The first-order valence-corrected chi connectivity index (χ1v) is 11.4. The molecular formula is C25H34N4O2. The smallest absolute Gasteiger partial charge is 0.251 e. The van der Waals surface area contributed by atoms with Gasteiger partial charge in [-0.1, -0.05) is 39.2 Å². The molecule has 0 bridgehead atoms. The van der Waals surface area contributed by atoms with Gasteiger partial charge in [0.25, 0.3) is 5.91 Å². The number of anilines is 1. The lowest BCUT2D eigenvalue weighted by molar-refractivity contribution is -0.121. The second kappa shape index (κ2) is 11.6. The maximum Gasteiger partial charge on any atom is 0.251 e. The van der Waals surface area contributed by atoms with Crippen molar-refractivity contribution >= 4 is 17.5 Å². The van der Waals surface area contributed by atoms with Crippen LogP contribution in [0, 0.1) is 5.92 Å². The molecule has 2 amide bonds. The van der Waals surface area contributed by atoms with Gasteiger partial charge in [-0.25, -0.2) is 0 Å². The average molecular weight is 423 g/mol. The largest absolute Gasteiger partial charge is 0.346 e. The van der Waals surface area contributed by atoms with Crippen molar-refractivity contribution in [1.29, 1.82) is 0 Å². The highest BCUT2D eigenvalue weighted by molar-refractivity contribution is 5.98. The summed E-state index contributed by atoms with van der Waals surface area (Å²) in [5.74, 6) is -0.0815. The van der Waals surface area contributed by atoms with Crippen LogP contribution in [0.15, 0.2) is 42.6 Å². The summed E-state index contributed by atoms with van der Waals surface area (Å²) >= 11 is 0. The Hall–Kier alpha value is -2.73. The van der Waals surface area contributed by atoms with Crippen LogP contribution in [-0.2, 0) is 17.9 Å². The quantitative estimate of drug-likeness (QED) is 0.779. The zero-order valence-electron chi connectivity index (χ0n) is 18.7. The maximum absolute atomic E-state index is 13.0. The lowest BCUT2D eigenvalue weighted by Crippen LogP contribution is -2.36. The number of benzene rings is 1. The van der Waals surface area contributed by atoms with Gasteiger partial charge in [0.1, 0.15) is 0 Å². The number of pyridine rings is 1. The van der Waals surface area contributed by atoms with Crippen molar-refractivity contribution in [3.63, 3.8) is 0 Å². The fourth-order valence-electron chi connectivity index (χ4n) is 3.84. The van der Waals surface area contributed by atoms with Crippen LogP contribution in [0.5, 0.6) is 0 Å². The number of amides is 2. The lowest BCUT2D eigenvalue weighted by Gasteiger charge is -2.28. The van der Waals surface area contributed by atoms with Gasteiger partial charge in [-0.15, -0.1) is 0 Å². The molecule has 0 saturated carbocycles. The van der Waals surface area contributed by atoms with Crippen molar-refractivity contribution in [1.82, 2.24) is 15.6 Å². The molecule has 0 unspecified atom stereocenters. The molecule has 1 aliphatic rings. The summed E-state index contributed by atoms with van der Waals surface area (Å²) < 4.78 is 0. The van der Waals surface area contributed by atoms with E-state index in [0.29, 0.717) is 18.7 Å². The number of hydrogen-bond donors (Lipinski definition) is 2. The Morgan fingerprint density at radius 2 is 1.90 bits per heavy atom. The molecule has 31 heavy (non-hydrogen) atoms. The van der Waals surface area contributed by atoms with Gasteiger partial charge in [-0.3, -0.25) is 14.6 Å². The number of carbonyl (C=O) groups excluding carboxylic acids is 2. The van der Waals surface area contributed by atoms with Crippen molar-refractivity contribution in [2.24, 2.45) is 5.92 Å². The fourth-order valence-corrected chi connectivity index (χ4v) is 3.84. The van der Waals surface area contributed by atoms with Gasteiger partial charge in [-0.2, -0.15) is 0 Å². The van der Waals surface area contributed by atoms with E-state index in [1.807, 2.05) is 55.1 Å². The number of fused-ring (bicyclic) bond motifs is 1. The molecule has 1 aromatic heterocycles. The summed E-state index contributed by atoms with van der Waals surface area (Å²) in [6.45, 7) is 6.56. The third-order valence-corrected chi connectivity index (χ3v) is 5.60. The second-order valence-corrected chi connectivity index (χ2v) is 8.44. The zero-order valence-corrected chi connectivity index (χ0v) is 18.7. The van der Waals surface area contributed by atoms with Gasteiger partial charge in [0.2, 0.25) is 5.91 Å². The highest BCUT2D eigenvalue weighted by atomic mass is 16.2. The molecule has 0 radical (unpaired) electrons. The predicted octanol–water partition coefficient (Wildman–Crippen LogP) is 4.05. The Morgan fingerprint density at radius 1 is 1.10 bits per heavy atom. The van der Waals surface area contributed by atoms with E-state index in [1.54, 1.807) is 6.20 Å². The highest BCUT2D eigenvalue weighted by Gasteiger charge is 2.22. The Balaban J connectivity index is 1.83. The maximum atomic E-state index is 13.0. The van der Waals surface area contributed by atoms with Gasteiger partial charge < -0.3 is 15.5 Å². The van der Waals surface area contributed by atoms with Gasteiger partial charge in [-0.05, 0) is 55.3 Å². The molecule has 1 aliphatic heterocycles. The van der Waals surface area contributed by atoms with Crippen LogP contribution in [0.2, 0.25) is 0 Å². The van der Waals surface area contributed by atoms with Crippen LogP contribution < -0.4 is 15.5 Å². The minimum atomic E-state index is -0.138. The third kappa shape index (κ3) is 6.62. The van der Waals surface area contributed by atoms with Crippen LogP contribution in [0.1, 0.15) is 67.6 Å². The van der Waals surface area contributed by atoms with Crippen molar-refractivity contribution < 1.29 is 9.59 Å². The standard InChI is InChI=1S/C25H34N4O2/c1-19(2)25(31)29-15-9-5-3-4-7-13-26-17-21-16-20(11-12-23(21)29)24(30)28-18-22-10-6-8-14-27-22/h6,8,10-12,14,16,19,26H,3-5,7,9,13,15,17-18H2,1-2H3,(H,28,30). The average Bonchev–Trinajstić information content (AvgIpc) is 2.78. The molecule has 6 heteroatoms. The molecule has 0 saturated heterocycles. The van der Waals surface area contributed by atoms with Crippen LogP contribution in [0.4, 0.5) is 5.69 Å². The lowest BCUT2D eigenvalue weighted by atomic mass is 10.0. The normalized spacial score (nSPS) is 15.5. The molecule has 0 aliphatic carbocycles. The molecule has 166 valence electrons. The molecule has 0 atom stereocenters. The molecule has 2 heterocycles. The summed E-state index contributed by atoms with van der Waals surface area (Å²) in [7, 11) is 0. The van der Waals surface area contributed by atoms with Crippen LogP contribution in [0.25, 0.3) is 0 Å². The molecule has 0 fully saturated rings. The van der Waals surface area contributed by atoms with E-state index in [2.05, 4.69) is 15.6 Å². The van der Waals surface area contributed by atoms with Crippen molar-refractivity contribution in [3.8, 4) is 0 Å². The Bertz CT molecular complexity index is 867. The summed E-state index contributed by atoms with van der Waals surface area (Å²) in [5, 5.41) is 6.43. The van der Waals surface area contributed by atoms with Gasteiger partial charge in [0, 0.05) is 36.5 Å². The minimum Gasteiger partial charge on any atom is -0.346 e. The third-order valence-electron chi connectivity index (χ3n) is 5.60. The fraction of sp³-hybridized carbons (Fsp3) is 0.480. The first-order valence-electron chi connectivity index (χ1n) is 11.4. The summed E-state index contributed by atoms with van der Waals surface area (Å²) in [4.78, 5) is 31.9. The zero-order chi connectivity index (χ0) is 22.1. The second-order valence-electron chi connectivity index (χ2n) is 8.44. The van der Waals surface area contributed by atoms with Gasteiger partial charge >= 0.3 is 0 Å². The Labute approximate surface area is 185 Å². The number of nitrogens with one attached hydrogen (secondary N) is 2. The SMILES string of the molecule is CC(C)C(=O)N1CCCCCCCNCc2cc(C(=O)NCc3ccccn3)ccc21. The van der Waals surface area contributed by atoms with E-state index < -0.39 is 0 Å². The van der Waals surface area contributed by atoms with Gasteiger partial charge in [0.15, 0.2) is 0 Å². The van der Waals surface area contributed by atoms with E-state index in [4.69, 9.17) is 0 Å². The molecule has 2 aromatic rings. The molecule has 6 nitrogen and oxygen atoms in total. The van der Waals surface area contributed by atoms with E-state index in [9.17, 15) is 9.59 Å². The number of aromatic nitrogens is 1. The molecule has 1 aromatic carbocycles. The Kier molecular flexibility index (Phi) is 8.59. The number of rotatable bonds is 4. The first-order chi connectivity index (χ1) is 15.1.